The van der Waals surface area contributed by atoms with Crippen LogP contribution in [0.2, 0.25) is 0 Å². The van der Waals surface area contributed by atoms with Gasteiger partial charge in [0.25, 0.3) is 0 Å². The van der Waals surface area contributed by atoms with E-state index in [0.29, 0.717) is 23.7 Å². The molecule has 0 aliphatic carbocycles. The zero-order valence-corrected chi connectivity index (χ0v) is 20.9. The first-order valence-corrected chi connectivity index (χ1v) is 11.5. The number of anilines is 2. The Bertz CT molecular complexity index is 763. The Morgan fingerprint density at radius 2 is 0.839 bits per heavy atom. The quantitative estimate of drug-likeness (QED) is 0.391. The first kappa shape index (κ1) is 25.5. The van der Waals surface area contributed by atoms with Crippen LogP contribution < -0.4 is 9.80 Å². The Morgan fingerprint density at radius 3 is 1.06 bits per heavy atom. The van der Waals surface area contributed by atoms with Crippen molar-refractivity contribution < 1.29 is 20.0 Å². The van der Waals surface area contributed by atoms with Gasteiger partial charge < -0.3 is 9.80 Å². The molecule has 2 aromatic carbocycles. The number of hydrogen-bond donors (Lipinski definition) is 0. The third-order valence-corrected chi connectivity index (χ3v) is 5.75. The predicted molar refractivity (Wildman–Crippen MR) is 128 cm³/mol. The van der Waals surface area contributed by atoms with E-state index >= 15 is 0 Å². The zero-order valence-electron chi connectivity index (χ0n) is 20.0. The summed E-state index contributed by atoms with van der Waals surface area (Å²) in [5.74, 6) is 1.84. The molecule has 0 saturated heterocycles. The average Bonchev–Trinajstić information content (AvgIpc) is 3.23. The monoisotopic (exact) mass is 470 g/mol. The van der Waals surface area contributed by atoms with Crippen LogP contribution in [-0.2, 0) is 16.5 Å². The van der Waals surface area contributed by atoms with Crippen molar-refractivity contribution in [3.8, 4) is 0 Å². The van der Waals surface area contributed by atoms with E-state index < -0.39 is 0 Å². The van der Waals surface area contributed by atoms with Crippen LogP contribution in [0.1, 0.15) is 101 Å². The number of para-hydroxylation sites is 2. The maximum atomic E-state index is 9.06. The Labute approximate surface area is 197 Å². The van der Waals surface area contributed by atoms with Crippen LogP contribution in [0.3, 0.4) is 0 Å². The van der Waals surface area contributed by atoms with Crippen LogP contribution in [0.25, 0.3) is 0 Å². The van der Waals surface area contributed by atoms with Gasteiger partial charge in [-0.25, -0.2) is 0 Å². The second kappa shape index (κ2) is 11.2. The Kier molecular flexibility index (Phi) is 9.21. The van der Waals surface area contributed by atoms with Crippen LogP contribution in [-0.4, -0.2) is 0 Å². The molecule has 0 fully saturated rings. The Morgan fingerprint density at radius 1 is 0.581 bits per heavy atom. The van der Waals surface area contributed by atoms with E-state index in [-0.39, 0.29) is 0 Å². The van der Waals surface area contributed by atoms with Crippen molar-refractivity contribution in [3.05, 3.63) is 77.7 Å². The van der Waals surface area contributed by atoms with Gasteiger partial charge in [-0.3, -0.25) is 0 Å². The summed E-state index contributed by atoms with van der Waals surface area (Å²) in [7, 11) is 0. The number of nitrogens with zero attached hydrogens (tertiary/aromatic N) is 2. The normalized spacial score (nSPS) is 13.6. The first-order valence-electron chi connectivity index (χ1n) is 11.1. The van der Waals surface area contributed by atoms with Gasteiger partial charge in [-0.05, 0) is 45.9 Å². The third kappa shape index (κ3) is 5.54. The summed E-state index contributed by atoms with van der Waals surface area (Å²) in [6, 6.07) is 13.4. The molecule has 1 heterocycles. The number of hydrogen-bond acceptors (Lipinski definition) is 2. The summed E-state index contributed by atoms with van der Waals surface area (Å²) in [5, 5.41) is 0. The van der Waals surface area contributed by atoms with E-state index in [0.717, 1.165) is 0 Å². The fraction of sp³-hybridized carbons (Fsp3) is 0.444. The summed E-state index contributed by atoms with van der Waals surface area (Å²) in [6.45, 7) is 21.8. The molecule has 2 aromatic rings. The molecule has 0 unspecified atom stereocenters. The predicted octanol–water partition coefficient (Wildman–Crippen LogP) is 8.39. The summed E-state index contributed by atoms with van der Waals surface area (Å²) in [5.41, 5.74) is 8.05. The molecule has 2 radical (unpaired) electrons. The summed E-state index contributed by atoms with van der Waals surface area (Å²) >= 11 is 2.69. The van der Waals surface area contributed by atoms with Crippen LogP contribution in [0.15, 0.2) is 48.8 Å². The van der Waals surface area contributed by atoms with Crippen LogP contribution in [0, 0.1) is 6.67 Å². The number of rotatable bonds is 6. The van der Waals surface area contributed by atoms with Crippen molar-refractivity contribution in [2.45, 2.75) is 79.1 Å². The summed E-state index contributed by atoms with van der Waals surface area (Å²) < 4.78 is 9.06. The molecule has 0 amide bonds. The van der Waals surface area contributed by atoms with Crippen LogP contribution in [0.4, 0.5) is 14.9 Å². The van der Waals surface area contributed by atoms with Gasteiger partial charge in [0.15, 0.2) is 0 Å². The minimum absolute atomic E-state index is 0.460. The fourth-order valence-corrected chi connectivity index (χ4v) is 4.14. The number of benzene rings is 2. The number of halogens is 1. The topological polar surface area (TPSA) is 6.48 Å². The van der Waals surface area contributed by atoms with Crippen molar-refractivity contribution in [2.75, 3.05) is 9.80 Å². The van der Waals surface area contributed by atoms with Gasteiger partial charge >= 0.3 is 20.0 Å². The van der Waals surface area contributed by atoms with Crippen LogP contribution in [0.5, 0.6) is 0 Å². The van der Waals surface area contributed by atoms with Gasteiger partial charge in [-0.2, -0.15) is 0 Å². The molecule has 3 rings (SSSR count). The van der Waals surface area contributed by atoms with Gasteiger partial charge in [0.2, 0.25) is 6.67 Å². The van der Waals surface area contributed by atoms with Crippen molar-refractivity contribution in [1.29, 1.82) is 0 Å². The average molecular weight is 471 g/mol. The molecule has 0 atom stereocenters. The van der Waals surface area contributed by atoms with Crippen LogP contribution >= 0.6 is 0 Å². The molecule has 0 N–H and O–H groups in total. The molecular formula is C27H36CuFN2. The molecule has 2 nitrogen and oxygen atoms in total. The second-order valence-corrected chi connectivity index (χ2v) is 9.33. The summed E-state index contributed by atoms with van der Waals surface area (Å²) in [6.07, 6.45) is 4.32. The van der Waals surface area contributed by atoms with E-state index in [2.05, 4.69) is 137 Å². The molecule has 4 heteroatoms. The zero-order chi connectivity index (χ0) is 23.3. The minimum atomic E-state index is 0.460. The van der Waals surface area contributed by atoms with Gasteiger partial charge in [-0.15, -0.1) is 0 Å². The van der Waals surface area contributed by atoms with Gasteiger partial charge in [0.1, 0.15) is 0 Å². The van der Waals surface area contributed by atoms with E-state index in [1.54, 1.807) is 0 Å². The molecule has 0 spiro atoms. The van der Waals surface area contributed by atoms with Gasteiger partial charge in [0.05, 0.1) is 11.4 Å². The Hall–Kier alpha value is -1.77. The molecule has 31 heavy (non-hydrogen) atoms. The molecule has 172 valence electrons. The SMILES string of the molecule is CC(C)c1cccc(C(C)C)c1N1[C]N(c2c(C(C)C)cccc2C(C)C)C=C1.[F][Cu]. The third-order valence-electron chi connectivity index (χ3n) is 5.75. The maximum absolute atomic E-state index is 9.06. The van der Waals surface area contributed by atoms with Gasteiger partial charge in [0, 0.05) is 12.4 Å². The fourth-order valence-electron chi connectivity index (χ4n) is 4.14. The molecular weight excluding hydrogens is 435 g/mol. The van der Waals surface area contributed by atoms with Crippen molar-refractivity contribution >= 4 is 11.4 Å². The first-order chi connectivity index (χ1) is 14.7. The van der Waals surface area contributed by atoms with Gasteiger partial charge in [-0.1, -0.05) is 91.8 Å². The Balaban J connectivity index is 0.00000166. The van der Waals surface area contributed by atoms with Crippen molar-refractivity contribution in [3.63, 3.8) is 0 Å². The molecule has 0 aromatic heterocycles. The standard InChI is InChI=1S/C27H36N2.Cu.FH/c1-18(2)22-11-9-12-23(19(3)4)26(22)28-15-16-29(17-28)27-24(20(5)6)13-10-14-25(27)21(7)8;;/h9-16,18-21H,1-8H3;;1H/q;+1;/p-1. The van der Waals surface area contributed by atoms with E-state index in [4.69, 9.17) is 3.55 Å². The molecule has 0 saturated carbocycles. The van der Waals surface area contributed by atoms with E-state index in [1.165, 1.54) is 33.6 Å². The molecule has 1 aliphatic heterocycles. The van der Waals surface area contributed by atoms with E-state index in [1.807, 2.05) is 0 Å². The molecule has 1 aliphatic rings. The molecule has 0 bridgehead atoms. The second-order valence-electron chi connectivity index (χ2n) is 9.33. The summed E-state index contributed by atoms with van der Waals surface area (Å²) in [4.78, 5) is 4.40. The van der Waals surface area contributed by atoms with Crippen molar-refractivity contribution in [2.24, 2.45) is 0 Å². The van der Waals surface area contributed by atoms with Crippen molar-refractivity contribution in [1.82, 2.24) is 0 Å². The van der Waals surface area contributed by atoms with E-state index in [9.17, 15) is 0 Å².